The van der Waals surface area contributed by atoms with E-state index in [-0.39, 0.29) is 22.5 Å². The second kappa shape index (κ2) is 10.00. The monoisotopic (exact) mass is 523 g/mol. The third kappa shape index (κ3) is 5.19. The Bertz CT molecular complexity index is 1580. The fourth-order valence-corrected chi connectivity index (χ4v) is 6.05. The first-order valence-electron chi connectivity index (χ1n) is 10.9. The molecule has 10 heteroatoms. The van der Waals surface area contributed by atoms with Crippen LogP contribution in [0.3, 0.4) is 0 Å². The van der Waals surface area contributed by atoms with Crippen molar-refractivity contribution in [1.82, 2.24) is 0 Å². The Morgan fingerprint density at radius 1 is 0.944 bits per heavy atom. The average Bonchev–Trinajstić information content (AvgIpc) is 3.27. The van der Waals surface area contributed by atoms with Crippen LogP contribution in [0.1, 0.15) is 22.2 Å². The molecular formula is C26H25N3O5S2. The molecule has 1 heterocycles. The largest absolute Gasteiger partial charge is 0.495 e. The number of sulfonamides is 1. The van der Waals surface area contributed by atoms with Gasteiger partial charge in [0.05, 0.1) is 17.7 Å². The summed E-state index contributed by atoms with van der Waals surface area (Å²) in [5.41, 5.74) is 2.38. The summed E-state index contributed by atoms with van der Waals surface area (Å²) in [6.45, 7) is 3.23. The Hall–Kier alpha value is -3.89. The number of rotatable bonds is 7. The van der Waals surface area contributed by atoms with Crippen LogP contribution in [0.5, 0.6) is 5.75 Å². The number of aryl methyl sites for hydroxylation is 1. The van der Waals surface area contributed by atoms with Crippen LogP contribution in [0.25, 0.3) is 10.1 Å². The number of fused-ring (bicyclic) bond motifs is 1. The van der Waals surface area contributed by atoms with Crippen LogP contribution in [-0.4, -0.2) is 34.4 Å². The van der Waals surface area contributed by atoms with E-state index >= 15 is 0 Å². The second-order valence-electron chi connectivity index (χ2n) is 8.18. The van der Waals surface area contributed by atoms with Crippen molar-refractivity contribution in [2.24, 2.45) is 0 Å². The predicted octanol–water partition coefficient (Wildman–Crippen LogP) is 5.25. The van der Waals surface area contributed by atoms with E-state index in [9.17, 15) is 18.0 Å². The van der Waals surface area contributed by atoms with E-state index in [1.54, 1.807) is 66.7 Å². The minimum absolute atomic E-state index is 0.0828. The maximum Gasteiger partial charge on any atom is 0.267 e. The van der Waals surface area contributed by atoms with Crippen molar-refractivity contribution in [3.8, 4) is 5.75 Å². The highest BCUT2D eigenvalue weighted by Crippen LogP contribution is 2.34. The van der Waals surface area contributed by atoms with Crippen molar-refractivity contribution in [3.63, 3.8) is 0 Å². The van der Waals surface area contributed by atoms with Gasteiger partial charge in [-0.1, -0.05) is 12.1 Å². The van der Waals surface area contributed by atoms with Crippen molar-refractivity contribution < 1.29 is 22.7 Å². The number of anilines is 3. The number of carbonyl (C=O) groups is 2. The number of hydrogen-bond donors (Lipinski definition) is 2. The van der Waals surface area contributed by atoms with Crippen molar-refractivity contribution >= 4 is 60.3 Å². The number of benzene rings is 3. The molecule has 0 fully saturated rings. The van der Waals surface area contributed by atoms with Gasteiger partial charge in [0, 0.05) is 30.0 Å². The lowest BCUT2D eigenvalue weighted by Crippen LogP contribution is -2.27. The molecule has 0 saturated heterocycles. The highest BCUT2D eigenvalue weighted by molar-refractivity contribution is 7.93. The summed E-state index contributed by atoms with van der Waals surface area (Å²) in [5.74, 6) is -0.236. The third-order valence-corrected chi connectivity index (χ3v) is 8.41. The summed E-state index contributed by atoms with van der Waals surface area (Å²) < 4.78 is 34.1. The molecule has 0 atom stereocenters. The molecule has 2 N–H and O–H groups in total. The van der Waals surface area contributed by atoms with Gasteiger partial charge >= 0.3 is 0 Å². The normalized spacial score (nSPS) is 11.2. The minimum Gasteiger partial charge on any atom is -0.495 e. The quantitative estimate of drug-likeness (QED) is 0.344. The molecule has 0 aliphatic carbocycles. The van der Waals surface area contributed by atoms with Gasteiger partial charge < -0.3 is 15.4 Å². The molecule has 36 heavy (non-hydrogen) atoms. The van der Waals surface area contributed by atoms with Gasteiger partial charge in [-0.15, -0.1) is 11.3 Å². The zero-order valence-corrected chi connectivity index (χ0v) is 21.8. The molecule has 4 aromatic rings. The number of ether oxygens (including phenoxy) is 1. The molecule has 8 nitrogen and oxygen atoms in total. The first-order valence-corrected chi connectivity index (χ1v) is 13.2. The van der Waals surface area contributed by atoms with Crippen LogP contribution in [0.15, 0.2) is 71.6 Å². The van der Waals surface area contributed by atoms with E-state index < -0.39 is 10.0 Å². The number of methoxy groups -OCH3 is 1. The number of thiophene rings is 1. The van der Waals surface area contributed by atoms with Gasteiger partial charge in [-0.2, -0.15) is 0 Å². The molecule has 4 rings (SSSR count). The van der Waals surface area contributed by atoms with E-state index in [0.717, 1.165) is 15.6 Å². The SMILES string of the molecule is COc1ccc(C)cc1S(=O)(=O)N(C)c1ccc2sc(C(=O)Nc3cccc(NC(C)=O)c3)cc2c1. The summed E-state index contributed by atoms with van der Waals surface area (Å²) in [6, 6.07) is 18.8. The van der Waals surface area contributed by atoms with Crippen LogP contribution < -0.4 is 19.7 Å². The first-order chi connectivity index (χ1) is 17.1. The Labute approximate surface area is 213 Å². The fourth-order valence-electron chi connectivity index (χ4n) is 3.68. The maximum absolute atomic E-state index is 13.4. The van der Waals surface area contributed by atoms with E-state index in [4.69, 9.17) is 4.74 Å². The molecule has 2 amide bonds. The zero-order valence-electron chi connectivity index (χ0n) is 20.2. The summed E-state index contributed by atoms with van der Waals surface area (Å²) in [5, 5.41) is 6.26. The molecule has 3 aromatic carbocycles. The van der Waals surface area contributed by atoms with E-state index in [2.05, 4.69) is 10.6 Å². The second-order valence-corrected chi connectivity index (χ2v) is 11.2. The number of nitrogens with one attached hydrogen (secondary N) is 2. The van der Waals surface area contributed by atoms with Gasteiger partial charge in [0.2, 0.25) is 5.91 Å². The lowest BCUT2D eigenvalue weighted by atomic mass is 10.2. The number of amides is 2. The smallest absolute Gasteiger partial charge is 0.267 e. The Morgan fingerprint density at radius 3 is 2.36 bits per heavy atom. The Balaban J connectivity index is 1.60. The zero-order chi connectivity index (χ0) is 26.0. The number of nitrogens with zero attached hydrogens (tertiary/aromatic N) is 1. The van der Waals surface area contributed by atoms with E-state index in [1.165, 1.54) is 36.7 Å². The topological polar surface area (TPSA) is 105 Å². The summed E-state index contributed by atoms with van der Waals surface area (Å²) in [6.07, 6.45) is 0. The van der Waals surface area contributed by atoms with E-state index in [0.29, 0.717) is 21.9 Å². The van der Waals surface area contributed by atoms with Gasteiger partial charge in [0.15, 0.2) is 0 Å². The summed E-state index contributed by atoms with van der Waals surface area (Å²) in [7, 11) is -0.966. The molecule has 0 saturated carbocycles. The van der Waals surface area contributed by atoms with Crippen molar-refractivity contribution in [2.45, 2.75) is 18.7 Å². The maximum atomic E-state index is 13.4. The van der Waals surface area contributed by atoms with Crippen LogP contribution in [0.4, 0.5) is 17.1 Å². The lowest BCUT2D eigenvalue weighted by molar-refractivity contribution is -0.114. The molecule has 0 radical (unpaired) electrons. The molecule has 1 aromatic heterocycles. The van der Waals surface area contributed by atoms with Crippen molar-refractivity contribution in [2.75, 3.05) is 29.1 Å². The highest BCUT2D eigenvalue weighted by atomic mass is 32.2. The van der Waals surface area contributed by atoms with Gasteiger partial charge in [-0.25, -0.2) is 8.42 Å². The molecule has 186 valence electrons. The number of hydrogen-bond acceptors (Lipinski definition) is 6. The molecule has 0 bridgehead atoms. The summed E-state index contributed by atoms with van der Waals surface area (Å²) in [4.78, 5) is 24.7. The molecule has 0 aliphatic rings. The minimum atomic E-state index is -3.89. The summed E-state index contributed by atoms with van der Waals surface area (Å²) >= 11 is 1.30. The van der Waals surface area contributed by atoms with Crippen molar-refractivity contribution in [1.29, 1.82) is 0 Å². The van der Waals surface area contributed by atoms with Gasteiger partial charge in [-0.05, 0) is 72.5 Å². The van der Waals surface area contributed by atoms with Gasteiger partial charge in [0.1, 0.15) is 10.6 Å². The average molecular weight is 524 g/mol. The van der Waals surface area contributed by atoms with Crippen LogP contribution in [0.2, 0.25) is 0 Å². The van der Waals surface area contributed by atoms with Crippen molar-refractivity contribution in [3.05, 3.63) is 77.2 Å². The standard InChI is InChI=1S/C26H25N3O5S2/c1-16-8-10-22(34-4)25(12-16)36(32,33)29(3)21-9-11-23-18(13-21)14-24(35-23)26(31)28-20-7-5-6-19(15-20)27-17(2)30/h5-15H,1-4H3,(H,27,30)(H,28,31). The Kier molecular flexibility index (Phi) is 7.00. The Morgan fingerprint density at radius 2 is 1.67 bits per heavy atom. The molecule has 0 spiro atoms. The van der Waals surface area contributed by atoms with Gasteiger partial charge in [0.25, 0.3) is 15.9 Å². The first kappa shape index (κ1) is 25.2. The molecular weight excluding hydrogens is 498 g/mol. The van der Waals surface area contributed by atoms with Crippen LogP contribution in [-0.2, 0) is 14.8 Å². The van der Waals surface area contributed by atoms with Crippen LogP contribution in [0, 0.1) is 6.92 Å². The molecule has 0 aliphatic heterocycles. The predicted molar refractivity (Wildman–Crippen MR) is 144 cm³/mol. The fraction of sp³-hybridized carbons (Fsp3) is 0.154. The van der Waals surface area contributed by atoms with Gasteiger partial charge in [-0.3, -0.25) is 13.9 Å². The molecule has 0 unspecified atom stereocenters. The van der Waals surface area contributed by atoms with E-state index in [1.807, 2.05) is 6.92 Å². The third-order valence-electron chi connectivity index (χ3n) is 5.49. The lowest BCUT2D eigenvalue weighted by Gasteiger charge is -2.21. The highest BCUT2D eigenvalue weighted by Gasteiger charge is 2.26. The number of carbonyl (C=O) groups excluding carboxylic acids is 2. The van der Waals surface area contributed by atoms with Crippen LogP contribution >= 0.6 is 11.3 Å².